The lowest BCUT2D eigenvalue weighted by Gasteiger charge is -2.26. The fourth-order valence-corrected chi connectivity index (χ4v) is 7.88. The molecule has 0 N–H and O–H groups in total. The van der Waals surface area contributed by atoms with Crippen LogP contribution >= 0.6 is 11.3 Å². The minimum Gasteiger partial charge on any atom is -0.311 e. The molecule has 0 radical (unpaired) electrons. The van der Waals surface area contributed by atoms with Crippen LogP contribution in [0.15, 0.2) is 206 Å². The Balaban J connectivity index is 1.09. The summed E-state index contributed by atoms with van der Waals surface area (Å²) in [5.41, 5.74) is 7.87. The van der Waals surface area contributed by atoms with Crippen LogP contribution in [0.25, 0.3) is 42.4 Å². The molecule has 0 unspecified atom stereocenters. The zero-order valence-electron chi connectivity index (χ0n) is 31.6. The van der Waals surface area contributed by atoms with E-state index in [0.29, 0.717) is 5.56 Å². The highest BCUT2D eigenvalue weighted by atomic mass is 32.1. The molecule has 0 atom stereocenters. The summed E-state index contributed by atoms with van der Waals surface area (Å²) in [7, 11) is 0. The lowest BCUT2D eigenvalue weighted by molar-refractivity contribution is 1.28. The van der Waals surface area contributed by atoms with Gasteiger partial charge in [-0.2, -0.15) is 0 Å². The molecule has 0 aliphatic carbocycles. The normalized spacial score (nSPS) is 12.2. The third-order valence-electron chi connectivity index (χ3n) is 9.14. The second-order valence-corrected chi connectivity index (χ2v) is 13.3. The Morgan fingerprint density at radius 2 is 0.784 bits per heavy atom. The first-order valence-corrected chi connectivity index (χ1v) is 17.8. The van der Waals surface area contributed by atoms with Crippen molar-refractivity contribution in [3.63, 3.8) is 0 Å². The quantitative estimate of drug-likeness (QED) is 0.158. The highest BCUT2D eigenvalue weighted by Crippen LogP contribution is 2.45. The predicted octanol–water partition coefficient (Wildman–Crippen LogP) is 14.3. The Bertz CT molecular complexity index is 2720. The average molecular weight is 675 g/mol. The number of hydrogen-bond acceptors (Lipinski definition) is 3. The van der Waals surface area contributed by atoms with Crippen LogP contribution in [-0.2, 0) is 0 Å². The number of hydrogen-bond donors (Lipinski definition) is 0. The molecule has 1 heterocycles. The highest BCUT2D eigenvalue weighted by molar-refractivity contribution is 7.26. The van der Waals surface area contributed by atoms with Crippen LogP contribution in [0.4, 0.5) is 34.1 Å². The highest BCUT2D eigenvalue weighted by Gasteiger charge is 2.18. The van der Waals surface area contributed by atoms with Crippen molar-refractivity contribution < 1.29 is 5.48 Å². The molecule has 0 fully saturated rings. The maximum atomic E-state index is 9.39. The third kappa shape index (κ3) is 5.94. The van der Waals surface area contributed by atoms with Crippen molar-refractivity contribution in [3.05, 3.63) is 206 Å². The van der Waals surface area contributed by atoms with Crippen LogP contribution in [0.3, 0.4) is 0 Å². The number of benzene rings is 8. The zero-order chi connectivity index (χ0) is 37.5. The van der Waals surface area contributed by atoms with Gasteiger partial charge in [0.25, 0.3) is 0 Å². The van der Waals surface area contributed by atoms with Crippen LogP contribution in [0.2, 0.25) is 0 Å². The number of fused-ring (bicyclic) bond motifs is 3. The van der Waals surface area contributed by atoms with Crippen LogP contribution < -0.4 is 9.80 Å². The molecule has 242 valence electrons. The van der Waals surface area contributed by atoms with E-state index in [9.17, 15) is 5.48 Å². The minimum atomic E-state index is -0.0981. The van der Waals surface area contributed by atoms with E-state index >= 15 is 0 Å². The first kappa shape index (κ1) is 26.4. The predicted molar refractivity (Wildman–Crippen MR) is 220 cm³/mol. The van der Waals surface area contributed by atoms with Crippen molar-refractivity contribution in [2.24, 2.45) is 0 Å². The molecule has 9 rings (SSSR count). The van der Waals surface area contributed by atoms with Crippen LogP contribution in [0.5, 0.6) is 0 Å². The SMILES string of the molecule is [2H]c1c([2H])c(N(c2ccccc2)c2cccc3c2sc2ccccc23)c([2H])c([2H])c1-c1ccc(-c2ccc(N(c3ccccc3)c3ccccc3)cc2)cc1. The van der Waals surface area contributed by atoms with Crippen molar-refractivity contribution in [1.82, 2.24) is 0 Å². The molecule has 3 heteroatoms. The molecule has 0 bridgehead atoms. The molecule has 0 spiro atoms. The summed E-state index contributed by atoms with van der Waals surface area (Å²) in [5.74, 6) is 0. The molecule has 0 aliphatic heterocycles. The molecule has 2 nitrogen and oxygen atoms in total. The molecular weight excluding hydrogens is 637 g/mol. The maximum absolute atomic E-state index is 9.39. The summed E-state index contributed by atoms with van der Waals surface area (Å²) in [6, 6.07) is 60.4. The van der Waals surface area contributed by atoms with Crippen molar-refractivity contribution >= 4 is 65.6 Å². The molecule has 9 aromatic rings. The number of para-hydroxylation sites is 3. The number of nitrogens with zero attached hydrogens (tertiary/aromatic N) is 2. The summed E-state index contributed by atoms with van der Waals surface area (Å²) in [6.07, 6.45) is 0. The maximum Gasteiger partial charge on any atom is 0.0645 e. The number of thiophene rings is 1. The smallest absolute Gasteiger partial charge is 0.0645 e. The van der Waals surface area contributed by atoms with E-state index in [1.807, 2.05) is 120 Å². The van der Waals surface area contributed by atoms with E-state index in [4.69, 9.17) is 0 Å². The van der Waals surface area contributed by atoms with Gasteiger partial charge in [0.15, 0.2) is 0 Å². The van der Waals surface area contributed by atoms with E-state index in [1.165, 1.54) is 0 Å². The Morgan fingerprint density at radius 3 is 1.37 bits per heavy atom. The Morgan fingerprint density at radius 1 is 0.333 bits per heavy atom. The molecule has 1 aromatic heterocycles. The van der Waals surface area contributed by atoms with Crippen molar-refractivity contribution in [2.75, 3.05) is 9.80 Å². The molecule has 0 aliphatic rings. The first-order chi connectivity index (χ1) is 27.0. The van der Waals surface area contributed by atoms with Gasteiger partial charge in [-0.05, 0) is 95.0 Å². The first-order valence-electron chi connectivity index (χ1n) is 18.9. The fraction of sp³-hybridized carbons (Fsp3) is 0. The van der Waals surface area contributed by atoms with Gasteiger partial charge in [-0.3, -0.25) is 0 Å². The zero-order valence-corrected chi connectivity index (χ0v) is 28.4. The van der Waals surface area contributed by atoms with E-state index in [1.54, 1.807) is 11.3 Å². The van der Waals surface area contributed by atoms with Gasteiger partial charge in [-0.15, -0.1) is 11.3 Å². The molecule has 0 saturated carbocycles. The van der Waals surface area contributed by atoms with Gasteiger partial charge < -0.3 is 9.80 Å². The van der Waals surface area contributed by atoms with Gasteiger partial charge >= 0.3 is 0 Å². The topological polar surface area (TPSA) is 6.48 Å². The largest absolute Gasteiger partial charge is 0.311 e. The van der Waals surface area contributed by atoms with Crippen LogP contribution in [-0.4, -0.2) is 0 Å². The van der Waals surface area contributed by atoms with E-state index in [0.717, 1.165) is 59.7 Å². The van der Waals surface area contributed by atoms with Crippen molar-refractivity contribution in [1.29, 1.82) is 0 Å². The van der Waals surface area contributed by atoms with Gasteiger partial charge in [-0.1, -0.05) is 133 Å². The second kappa shape index (κ2) is 13.5. The van der Waals surface area contributed by atoms with Gasteiger partial charge in [0, 0.05) is 43.9 Å². The Kier molecular flexibility index (Phi) is 6.99. The Labute approximate surface area is 308 Å². The van der Waals surface area contributed by atoms with Crippen LogP contribution in [0, 0.1) is 0 Å². The molecule has 51 heavy (non-hydrogen) atoms. The lowest BCUT2D eigenvalue weighted by atomic mass is 9.99. The monoisotopic (exact) mass is 674 g/mol. The summed E-state index contributed by atoms with van der Waals surface area (Å²) in [5, 5.41) is 2.23. The van der Waals surface area contributed by atoms with Gasteiger partial charge in [0.1, 0.15) is 0 Å². The van der Waals surface area contributed by atoms with E-state index in [2.05, 4.69) is 71.6 Å². The molecule has 0 amide bonds. The second-order valence-electron chi connectivity index (χ2n) is 12.3. The fourth-order valence-electron chi connectivity index (χ4n) is 6.67. The minimum absolute atomic E-state index is 0.0838. The Hall–Kier alpha value is -6.42. The van der Waals surface area contributed by atoms with Gasteiger partial charge in [0.2, 0.25) is 0 Å². The van der Waals surface area contributed by atoms with Crippen molar-refractivity contribution in [2.45, 2.75) is 0 Å². The molecular formula is C48H34N2S. The molecule has 8 aromatic carbocycles. The van der Waals surface area contributed by atoms with Gasteiger partial charge in [0.05, 0.1) is 15.9 Å². The summed E-state index contributed by atoms with van der Waals surface area (Å²) in [4.78, 5) is 4.10. The molecule has 0 saturated heterocycles. The van der Waals surface area contributed by atoms with E-state index < -0.39 is 0 Å². The van der Waals surface area contributed by atoms with E-state index in [-0.39, 0.29) is 35.4 Å². The van der Waals surface area contributed by atoms with Crippen LogP contribution in [0.1, 0.15) is 5.48 Å². The summed E-state index contributed by atoms with van der Waals surface area (Å²) in [6.45, 7) is 0. The third-order valence-corrected chi connectivity index (χ3v) is 10.3. The average Bonchev–Trinajstić information content (AvgIpc) is 3.63. The standard InChI is InChI=1S/C48H34N2S/c1-4-13-39(14-5-1)49(40-15-6-2-7-16-40)42-31-27-37(28-32-42)35-23-25-36(26-24-35)38-29-33-43(34-30-38)50(41-17-8-3-9-18-41)46-21-12-20-45-44-19-10-11-22-47(44)51-48(45)46/h1-34H/i29D,30D,33D,34D. The number of anilines is 6. The summed E-state index contributed by atoms with van der Waals surface area (Å²) >= 11 is 1.67. The van der Waals surface area contributed by atoms with Crippen molar-refractivity contribution in [3.8, 4) is 22.3 Å². The summed E-state index contributed by atoms with van der Waals surface area (Å²) < 4.78 is 39.5. The lowest BCUT2D eigenvalue weighted by Crippen LogP contribution is -2.09. The van der Waals surface area contributed by atoms with Gasteiger partial charge in [-0.25, -0.2) is 0 Å². The number of rotatable bonds is 8.